The molecular weight excluding hydrogens is 411 g/mol. The molecule has 31 heavy (non-hydrogen) atoms. The first-order chi connectivity index (χ1) is 14.7. The van der Waals surface area contributed by atoms with Gasteiger partial charge in [0, 0.05) is 17.1 Å². The molecule has 2 aromatic carbocycles. The summed E-state index contributed by atoms with van der Waals surface area (Å²) in [5, 5.41) is 9.63. The predicted molar refractivity (Wildman–Crippen MR) is 111 cm³/mol. The molecule has 0 unspecified atom stereocenters. The molecule has 5 nitrogen and oxygen atoms in total. The molecule has 0 saturated carbocycles. The van der Waals surface area contributed by atoms with E-state index in [-0.39, 0.29) is 22.8 Å². The highest BCUT2D eigenvalue weighted by atomic mass is 19.4. The number of ether oxygens (including phenoxy) is 2. The van der Waals surface area contributed by atoms with Crippen LogP contribution in [0.15, 0.2) is 36.5 Å². The highest BCUT2D eigenvalue weighted by Crippen LogP contribution is 2.43. The van der Waals surface area contributed by atoms with Gasteiger partial charge in [-0.3, -0.25) is 0 Å². The smallest absolute Gasteiger partial charge is 0.420 e. The van der Waals surface area contributed by atoms with E-state index in [1.807, 2.05) is 6.20 Å². The predicted octanol–water partition coefficient (Wildman–Crippen LogP) is 6.48. The van der Waals surface area contributed by atoms with Crippen molar-refractivity contribution in [3.05, 3.63) is 53.2 Å². The maximum absolute atomic E-state index is 13.7. The normalized spacial score (nSPS) is 11.6. The second-order valence-corrected chi connectivity index (χ2v) is 7.38. The summed E-state index contributed by atoms with van der Waals surface area (Å²) < 4.78 is 51.7. The van der Waals surface area contributed by atoms with Gasteiger partial charge in [0.25, 0.3) is 0 Å². The molecule has 2 N–H and O–H groups in total. The van der Waals surface area contributed by atoms with Crippen LogP contribution in [0.4, 0.5) is 13.2 Å². The number of halogens is 3. The molecule has 1 aromatic heterocycles. The molecule has 0 spiro atoms. The van der Waals surface area contributed by atoms with Crippen molar-refractivity contribution < 1.29 is 32.5 Å². The van der Waals surface area contributed by atoms with Gasteiger partial charge in [-0.15, -0.1) is 0 Å². The van der Waals surface area contributed by atoms with Crippen LogP contribution < -0.4 is 9.47 Å². The number of alkyl halides is 3. The van der Waals surface area contributed by atoms with Gasteiger partial charge < -0.3 is 19.6 Å². The van der Waals surface area contributed by atoms with Gasteiger partial charge in [-0.05, 0) is 61.2 Å². The summed E-state index contributed by atoms with van der Waals surface area (Å²) in [4.78, 5) is 13.9. The number of aromatic nitrogens is 1. The van der Waals surface area contributed by atoms with Crippen LogP contribution in [-0.4, -0.2) is 22.7 Å². The van der Waals surface area contributed by atoms with Crippen molar-refractivity contribution in [3.63, 3.8) is 0 Å². The highest BCUT2D eigenvalue weighted by Gasteiger charge is 2.36. The Morgan fingerprint density at radius 1 is 1.13 bits per heavy atom. The first-order valence-electron chi connectivity index (χ1n) is 10.0. The molecule has 0 fully saturated rings. The van der Waals surface area contributed by atoms with Crippen LogP contribution in [0.25, 0.3) is 10.9 Å². The van der Waals surface area contributed by atoms with Crippen LogP contribution in [0.2, 0.25) is 0 Å². The molecule has 0 amide bonds. The molecule has 0 bridgehead atoms. The lowest BCUT2D eigenvalue weighted by molar-refractivity contribution is -0.139. The zero-order chi connectivity index (χ0) is 22.6. The average Bonchev–Trinajstić information content (AvgIpc) is 3.09. The number of aliphatic carboxylic acids is 1. The Balaban J connectivity index is 1.94. The molecule has 0 atom stereocenters. The fourth-order valence-electron chi connectivity index (χ4n) is 3.43. The summed E-state index contributed by atoms with van der Waals surface area (Å²) in [6, 6.07) is 7.22. The van der Waals surface area contributed by atoms with Crippen LogP contribution in [0.1, 0.15) is 42.9 Å². The number of aryl methyl sites for hydroxylation is 2. The van der Waals surface area contributed by atoms with Crippen molar-refractivity contribution in [2.75, 3.05) is 6.61 Å². The van der Waals surface area contributed by atoms with Gasteiger partial charge in [-0.2, -0.15) is 13.2 Å². The number of carboxylic acids is 1. The van der Waals surface area contributed by atoms with E-state index in [1.165, 1.54) is 13.0 Å². The standard InChI is InChI=1S/C23H24F3NO4/c1-3-4-5-6-15-12-27-20-8-7-16(10-18(15)20)31-22-14(2)9-17(30-13-21(28)29)11-19(22)23(24,25)26/h7-12,27H,3-6,13H2,1-2H3,(H,28,29). The Hall–Kier alpha value is -3.16. The minimum absolute atomic E-state index is 0.182. The van der Waals surface area contributed by atoms with Gasteiger partial charge in [-0.25, -0.2) is 4.79 Å². The van der Waals surface area contributed by atoms with E-state index in [9.17, 15) is 18.0 Å². The van der Waals surface area contributed by atoms with Gasteiger partial charge in [0.2, 0.25) is 0 Å². The fourth-order valence-corrected chi connectivity index (χ4v) is 3.43. The molecule has 3 rings (SSSR count). The molecule has 166 valence electrons. The highest BCUT2D eigenvalue weighted by molar-refractivity contribution is 5.84. The number of H-pyrrole nitrogens is 1. The first-order valence-corrected chi connectivity index (χ1v) is 10.0. The monoisotopic (exact) mass is 435 g/mol. The van der Waals surface area contributed by atoms with Crippen molar-refractivity contribution in [2.24, 2.45) is 0 Å². The van der Waals surface area contributed by atoms with Crippen molar-refractivity contribution in [1.82, 2.24) is 4.98 Å². The SMILES string of the molecule is CCCCCc1c[nH]c2ccc(Oc3c(C)cc(OCC(=O)O)cc3C(F)(F)F)cc12. The summed E-state index contributed by atoms with van der Waals surface area (Å²) in [5.41, 5.74) is 1.15. The number of benzene rings is 2. The van der Waals surface area contributed by atoms with Gasteiger partial charge in [0.1, 0.15) is 22.8 Å². The largest absolute Gasteiger partial charge is 0.482 e. The van der Waals surface area contributed by atoms with E-state index >= 15 is 0 Å². The summed E-state index contributed by atoms with van der Waals surface area (Å²) in [5.74, 6) is -1.51. The number of nitrogens with one attached hydrogen (secondary N) is 1. The maximum Gasteiger partial charge on any atom is 0.420 e. The molecule has 1 heterocycles. The van der Waals surface area contributed by atoms with E-state index in [1.54, 1.807) is 18.2 Å². The molecule has 0 saturated heterocycles. The molecular formula is C23H24F3NO4. The molecule has 8 heteroatoms. The summed E-state index contributed by atoms with van der Waals surface area (Å²) >= 11 is 0. The molecule has 0 radical (unpaired) electrons. The third-order valence-electron chi connectivity index (χ3n) is 4.92. The number of unbranched alkanes of at least 4 members (excludes halogenated alkanes) is 2. The average molecular weight is 435 g/mol. The number of rotatable bonds is 9. The lowest BCUT2D eigenvalue weighted by Gasteiger charge is -2.18. The zero-order valence-electron chi connectivity index (χ0n) is 17.3. The Bertz CT molecular complexity index is 1070. The van der Waals surface area contributed by atoms with Crippen LogP contribution in [0.3, 0.4) is 0 Å². The van der Waals surface area contributed by atoms with Crippen molar-refractivity contribution in [2.45, 2.75) is 45.7 Å². The van der Waals surface area contributed by atoms with Crippen molar-refractivity contribution in [3.8, 4) is 17.2 Å². The van der Waals surface area contributed by atoms with Gasteiger partial charge in [-0.1, -0.05) is 19.8 Å². The maximum atomic E-state index is 13.7. The number of hydrogen-bond acceptors (Lipinski definition) is 3. The lowest BCUT2D eigenvalue weighted by atomic mass is 10.1. The van der Waals surface area contributed by atoms with Gasteiger partial charge in [0.15, 0.2) is 6.61 Å². The van der Waals surface area contributed by atoms with Crippen LogP contribution in [-0.2, 0) is 17.4 Å². The summed E-state index contributed by atoms with van der Waals surface area (Å²) in [6.45, 7) is 2.85. The topological polar surface area (TPSA) is 71.5 Å². The Labute approximate surface area is 177 Å². The summed E-state index contributed by atoms with van der Waals surface area (Å²) in [6.07, 6.45) is 1.33. The fraction of sp³-hybridized carbons (Fsp3) is 0.348. The zero-order valence-corrected chi connectivity index (χ0v) is 17.3. The first kappa shape index (κ1) is 22.5. The van der Waals surface area contributed by atoms with Crippen molar-refractivity contribution in [1.29, 1.82) is 0 Å². The lowest BCUT2D eigenvalue weighted by Crippen LogP contribution is -2.12. The van der Waals surface area contributed by atoms with Crippen LogP contribution in [0, 0.1) is 6.92 Å². The Kier molecular flexibility index (Phi) is 6.77. The van der Waals surface area contributed by atoms with Crippen LogP contribution >= 0.6 is 0 Å². The van der Waals surface area contributed by atoms with E-state index in [0.29, 0.717) is 0 Å². The third kappa shape index (κ3) is 5.51. The third-order valence-corrected chi connectivity index (χ3v) is 4.92. The number of aromatic amines is 1. The molecule has 0 aliphatic heterocycles. The van der Waals surface area contributed by atoms with Crippen LogP contribution in [0.5, 0.6) is 17.2 Å². The molecule has 0 aliphatic rings. The second-order valence-electron chi connectivity index (χ2n) is 7.38. The Morgan fingerprint density at radius 2 is 1.90 bits per heavy atom. The van der Waals surface area contributed by atoms with E-state index < -0.39 is 24.3 Å². The number of carboxylic acid groups (broad SMARTS) is 1. The minimum atomic E-state index is -4.70. The number of hydrogen-bond donors (Lipinski definition) is 2. The summed E-state index contributed by atoms with van der Waals surface area (Å²) in [7, 11) is 0. The Morgan fingerprint density at radius 3 is 2.58 bits per heavy atom. The van der Waals surface area contributed by atoms with Gasteiger partial charge in [0.05, 0.1) is 0 Å². The van der Waals surface area contributed by atoms with Crippen molar-refractivity contribution >= 4 is 16.9 Å². The molecule has 3 aromatic rings. The number of fused-ring (bicyclic) bond motifs is 1. The number of carbonyl (C=O) groups is 1. The quantitative estimate of drug-likeness (QED) is 0.377. The minimum Gasteiger partial charge on any atom is -0.482 e. The van der Waals surface area contributed by atoms with Gasteiger partial charge >= 0.3 is 12.1 Å². The second kappa shape index (κ2) is 9.32. The molecule has 0 aliphatic carbocycles. The van der Waals surface area contributed by atoms with E-state index in [4.69, 9.17) is 14.6 Å². The van der Waals surface area contributed by atoms with E-state index in [0.717, 1.165) is 48.2 Å². The van der Waals surface area contributed by atoms with E-state index in [2.05, 4.69) is 11.9 Å².